The van der Waals surface area contributed by atoms with E-state index in [0.29, 0.717) is 22.8 Å². The molecule has 0 saturated heterocycles. The van der Waals surface area contributed by atoms with Gasteiger partial charge in [-0.15, -0.1) is 0 Å². The lowest BCUT2D eigenvalue weighted by Crippen LogP contribution is -2.34. The van der Waals surface area contributed by atoms with Crippen molar-refractivity contribution in [3.05, 3.63) is 82.9 Å². The standard InChI is InChI=1S/C26H24ClN3O3S/c1-2-13-30-21-12-11-19(15-23(21)34-22-6-4-3-5-20(22)26(30)33)29-25(32)16-28-24(31)14-17-7-9-18(27)10-8-17/h3-12,15H,2,13-14,16H2,1H3,(H,28,31)(H,29,32). The van der Waals surface area contributed by atoms with Crippen LogP contribution in [0.5, 0.6) is 0 Å². The lowest BCUT2D eigenvalue weighted by molar-refractivity contribution is -0.123. The van der Waals surface area contributed by atoms with Gasteiger partial charge in [0, 0.05) is 27.0 Å². The second-order valence-corrected chi connectivity index (χ2v) is 9.39. The van der Waals surface area contributed by atoms with Gasteiger partial charge in [-0.1, -0.05) is 54.6 Å². The van der Waals surface area contributed by atoms with Crippen molar-refractivity contribution in [2.45, 2.75) is 29.6 Å². The van der Waals surface area contributed by atoms with E-state index in [4.69, 9.17) is 11.6 Å². The number of halogens is 1. The minimum Gasteiger partial charge on any atom is -0.347 e. The monoisotopic (exact) mass is 493 g/mol. The Morgan fingerprint density at radius 2 is 1.74 bits per heavy atom. The van der Waals surface area contributed by atoms with Crippen molar-refractivity contribution in [2.24, 2.45) is 0 Å². The van der Waals surface area contributed by atoms with E-state index in [-0.39, 0.29) is 30.7 Å². The molecule has 34 heavy (non-hydrogen) atoms. The summed E-state index contributed by atoms with van der Waals surface area (Å²) in [4.78, 5) is 41.3. The lowest BCUT2D eigenvalue weighted by atomic mass is 10.1. The summed E-state index contributed by atoms with van der Waals surface area (Å²) in [6.45, 7) is 2.50. The Bertz CT molecular complexity index is 1230. The van der Waals surface area contributed by atoms with E-state index in [0.717, 1.165) is 27.5 Å². The Balaban J connectivity index is 1.43. The van der Waals surface area contributed by atoms with E-state index in [1.807, 2.05) is 43.3 Å². The van der Waals surface area contributed by atoms with E-state index >= 15 is 0 Å². The maximum absolute atomic E-state index is 13.1. The number of amides is 3. The van der Waals surface area contributed by atoms with Gasteiger partial charge >= 0.3 is 0 Å². The molecule has 0 fully saturated rings. The SMILES string of the molecule is CCCN1C(=O)c2ccccc2Sc2cc(NC(=O)CNC(=O)Cc3ccc(Cl)cc3)ccc21. The maximum Gasteiger partial charge on any atom is 0.259 e. The first kappa shape index (κ1) is 23.9. The second kappa shape index (κ2) is 10.8. The molecule has 0 spiro atoms. The summed E-state index contributed by atoms with van der Waals surface area (Å²) in [5.74, 6) is -0.603. The summed E-state index contributed by atoms with van der Waals surface area (Å²) in [7, 11) is 0. The molecule has 3 aromatic rings. The number of anilines is 2. The summed E-state index contributed by atoms with van der Waals surface area (Å²) in [5.41, 5.74) is 2.91. The highest BCUT2D eigenvalue weighted by atomic mass is 35.5. The third kappa shape index (κ3) is 5.61. The second-order valence-electron chi connectivity index (χ2n) is 7.87. The van der Waals surface area contributed by atoms with Crippen molar-refractivity contribution in [3.8, 4) is 0 Å². The largest absolute Gasteiger partial charge is 0.347 e. The van der Waals surface area contributed by atoms with Gasteiger partial charge in [-0.05, 0) is 54.4 Å². The predicted octanol–water partition coefficient (Wildman–Crippen LogP) is 5.16. The highest BCUT2D eigenvalue weighted by Gasteiger charge is 2.26. The quantitative estimate of drug-likeness (QED) is 0.476. The number of benzene rings is 3. The average Bonchev–Trinajstić information content (AvgIpc) is 2.94. The summed E-state index contributed by atoms with van der Waals surface area (Å²) in [6.07, 6.45) is 0.993. The van der Waals surface area contributed by atoms with Crippen molar-refractivity contribution in [3.63, 3.8) is 0 Å². The molecule has 0 atom stereocenters. The smallest absolute Gasteiger partial charge is 0.259 e. The normalized spacial score (nSPS) is 12.4. The number of carbonyl (C=O) groups excluding carboxylic acids is 3. The molecule has 2 N–H and O–H groups in total. The summed E-state index contributed by atoms with van der Waals surface area (Å²) < 4.78 is 0. The number of nitrogens with one attached hydrogen (secondary N) is 2. The van der Waals surface area contributed by atoms with Crippen LogP contribution in [0.3, 0.4) is 0 Å². The molecule has 0 aromatic heterocycles. The van der Waals surface area contributed by atoms with Gasteiger partial charge < -0.3 is 15.5 Å². The minimum atomic E-state index is -0.329. The van der Waals surface area contributed by atoms with Gasteiger partial charge in [0.1, 0.15) is 0 Å². The van der Waals surface area contributed by atoms with Crippen LogP contribution in [0.15, 0.2) is 76.5 Å². The predicted molar refractivity (Wildman–Crippen MR) is 136 cm³/mol. The van der Waals surface area contributed by atoms with Crippen LogP contribution >= 0.6 is 23.4 Å². The molecule has 0 bridgehead atoms. The molecular weight excluding hydrogens is 470 g/mol. The highest BCUT2D eigenvalue weighted by molar-refractivity contribution is 7.99. The van der Waals surface area contributed by atoms with Gasteiger partial charge in [0.15, 0.2) is 0 Å². The first-order chi connectivity index (χ1) is 16.4. The Labute approximate surface area is 207 Å². The van der Waals surface area contributed by atoms with Crippen LogP contribution in [-0.4, -0.2) is 30.8 Å². The van der Waals surface area contributed by atoms with Crippen LogP contribution < -0.4 is 15.5 Å². The first-order valence-electron chi connectivity index (χ1n) is 11.0. The van der Waals surface area contributed by atoms with Gasteiger partial charge in [-0.2, -0.15) is 0 Å². The number of hydrogen-bond donors (Lipinski definition) is 2. The first-order valence-corrected chi connectivity index (χ1v) is 12.2. The van der Waals surface area contributed by atoms with Gasteiger partial charge in [-0.25, -0.2) is 0 Å². The molecule has 6 nitrogen and oxygen atoms in total. The molecule has 8 heteroatoms. The molecule has 0 radical (unpaired) electrons. The molecule has 0 saturated carbocycles. The molecule has 0 unspecified atom stereocenters. The van der Waals surface area contributed by atoms with Crippen molar-refractivity contribution in [2.75, 3.05) is 23.3 Å². The minimum absolute atomic E-state index is 0.0242. The topological polar surface area (TPSA) is 78.5 Å². The molecule has 0 aliphatic carbocycles. The van der Waals surface area contributed by atoms with Crippen LogP contribution in [-0.2, 0) is 16.0 Å². The zero-order valence-corrected chi connectivity index (χ0v) is 20.2. The van der Waals surface area contributed by atoms with Gasteiger partial charge in [0.25, 0.3) is 5.91 Å². The summed E-state index contributed by atoms with van der Waals surface area (Å²) in [6, 6.07) is 20.0. The molecule has 1 aliphatic heterocycles. The number of carbonyl (C=O) groups is 3. The van der Waals surface area contributed by atoms with Crippen molar-refractivity contribution in [1.82, 2.24) is 5.32 Å². The zero-order valence-electron chi connectivity index (χ0n) is 18.6. The Morgan fingerprint density at radius 1 is 0.971 bits per heavy atom. The fraction of sp³-hybridized carbons (Fsp3) is 0.192. The lowest BCUT2D eigenvalue weighted by Gasteiger charge is -2.22. The molecule has 3 amide bonds. The average molecular weight is 494 g/mol. The van der Waals surface area contributed by atoms with Gasteiger partial charge in [-0.3, -0.25) is 14.4 Å². The maximum atomic E-state index is 13.1. The molecule has 174 valence electrons. The molecule has 3 aromatic carbocycles. The number of fused-ring (bicyclic) bond motifs is 2. The van der Waals surface area contributed by atoms with Crippen LogP contribution in [0.25, 0.3) is 0 Å². The molecule has 4 rings (SSSR count). The van der Waals surface area contributed by atoms with Crippen molar-refractivity contribution < 1.29 is 14.4 Å². The number of hydrogen-bond acceptors (Lipinski definition) is 4. The van der Waals surface area contributed by atoms with Crippen LogP contribution in [0.2, 0.25) is 5.02 Å². The van der Waals surface area contributed by atoms with E-state index in [1.54, 1.807) is 35.2 Å². The fourth-order valence-electron chi connectivity index (χ4n) is 3.68. The Hall–Kier alpha value is -3.29. The summed E-state index contributed by atoms with van der Waals surface area (Å²) >= 11 is 7.37. The van der Waals surface area contributed by atoms with E-state index in [1.165, 1.54) is 11.8 Å². The number of nitrogens with zero attached hydrogens (tertiary/aromatic N) is 1. The third-order valence-electron chi connectivity index (χ3n) is 5.29. The molecular formula is C26H24ClN3O3S. The van der Waals surface area contributed by atoms with E-state index in [9.17, 15) is 14.4 Å². The van der Waals surface area contributed by atoms with Crippen LogP contribution in [0, 0.1) is 0 Å². The van der Waals surface area contributed by atoms with Crippen LogP contribution in [0.4, 0.5) is 11.4 Å². The van der Waals surface area contributed by atoms with Crippen LogP contribution in [0.1, 0.15) is 29.3 Å². The van der Waals surface area contributed by atoms with Gasteiger partial charge in [0.2, 0.25) is 11.8 Å². The van der Waals surface area contributed by atoms with Gasteiger partial charge in [0.05, 0.1) is 24.2 Å². The van der Waals surface area contributed by atoms with Crippen molar-refractivity contribution in [1.29, 1.82) is 0 Å². The third-order valence-corrected chi connectivity index (χ3v) is 6.66. The Kier molecular flexibility index (Phi) is 7.55. The van der Waals surface area contributed by atoms with Crippen molar-refractivity contribution >= 4 is 52.5 Å². The number of rotatable bonds is 7. The molecule has 1 heterocycles. The summed E-state index contributed by atoms with van der Waals surface area (Å²) in [5, 5.41) is 6.08. The van der Waals surface area contributed by atoms with E-state index < -0.39 is 0 Å². The zero-order chi connectivity index (χ0) is 24.1. The highest BCUT2D eigenvalue weighted by Crippen LogP contribution is 2.42. The van der Waals surface area contributed by atoms with E-state index in [2.05, 4.69) is 10.6 Å². The molecule has 1 aliphatic rings. The Morgan fingerprint density at radius 3 is 2.50 bits per heavy atom. The fourth-order valence-corrected chi connectivity index (χ4v) is 4.93.